The summed E-state index contributed by atoms with van der Waals surface area (Å²) in [4.78, 5) is 16.3. The minimum atomic E-state index is -1.67. The first-order valence-corrected chi connectivity index (χ1v) is 8.97. The van der Waals surface area contributed by atoms with Crippen LogP contribution in [-0.2, 0) is 14.1 Å². The first-order chi connectivity index (χ1) is 7.62. The Balaban J connectivity index is 3.90. The standard InChI is InChI=1S/C12H27NO3Si/c1-12(2,3)17(6,7)16-10-8-9-11(14)13(4)15-5/h8-10H2,1-7H3. The van der Waals surface area contributed by atoms with Crippen molar-refractivity contribution in [3.8, 4) is 0 Å². The van der Waals surface area contributed by atoms with Gasteiger partial charge >= 0.3 is 0 Å². The summed E-state index contributed by atoms with van der Waals surface area (Å²) in [6.07, 6.45) is 1.22. The van der Waals surface area contributed by atoms with E-state index in [1.54, 1.807) is 7.05 Å². The lowest BCUT2D eigenvalue weighted by Gasteiger charge is -2.36. The highest BCUT2D eigenvalue weighted by atomic mass is 28.4. The molecule has 0 aliphatic heterocycles. The van der Waals surface area contributed by atoms with E-state index < -0.39 is 8.32 Å². The SMILES string of the molecule is CON(C)C(=O)CCCO[Si](C)(C)C(C)(C)C. The van der Waals surface area contributed by atoms with E-state index >= 15 is 0 Å². The molecule has 0 aliphatic rings. The van der Waals surface area contributed by atoms with Crippen LogP contribution < -0.4 is 0 Å². The molecule has 17 heavy (non-hydrogen) atoms. The normalized spacial score (nSPS) is 12.6. The van der Waals surface area contributed by atoms with Gasteiger partial charge in [-0.25, -0.2) is 5.06 Å². The van der Waals surface area contributed by atoms with Crippen molar-refractivity contribution in [1.82, 2.24) is 5.06 Å². The quantitative estimate of drug-likeness (QED) is 0.419. The Morgan fingerprint density at radius 2 is 1.82 bits per heavy atom. The summed E-state index contributed by atoms with van der Waals surface area (Å²) < 4.78 is 5.99. The predicted molar refractivity (Wildman–Crippen MR) is 72.2 cm³/mol. The molecule has 0 heterocycles. The van der Waals surface area contributed by atoms with Crippen LogP contribution >= 0.6 is 0 Å². The van der Waals surface area contributed by atoms with E-state index in [0.29, 0.717) is 13.0 Å². The van der Waals surface area contributed by atoms with Gasteiger partial charge in [0.25, 0.3) is 0 Å². The van der Waals surface area contributed by atoms with Crippen molar-refractivity contribution in [3.05, 3.63) is 0 Å². The molecular weight excluding hydrogens is 234 g/mol. The molecule has 1 amide bonds. The van der Waals surface area contributed by atoms with Gasteiger partial charge in [0.05, 0.1) is 7.11 Å². The highest BCUT2D eigenvalue weighted by Crippen LogP contribution is 2.36. The lowest BCUT2D eigenvalue weighted by atomic mass is 10.2. The number of amides is 1. The van der Waals surface area contributed by atoms with Gasteiger partial charge in [-0.1, -0.05) is 20.8 Å². The molecule has 0 aromatic carbocycles. The zero-order chi connectivity index (χ0) is 13.7. The number of nitrogens with zero attached hydrogens (tertiary/aromatic N) is 1. The van der Waals surface area contributed by atoms with Gasteiger partial charge in [0.2, 0.25) is 5.91 Å². The summed E-state index contributed by atoms with van der Waals surface area (Å²) in [7, 11) is 1.44. The van der Waals surface area contributed by atoms with Crippen LogP contribution in [0.1, 0.15) is 33.6 Å². The van der Waals surface area contributed by atoms with Gasteiger partial charge in [0.1, 0.15) is 0 Å². The molecule has 0 unspecified atom stereocenters. The number of carbonyl (C=O) groups is 1. The van der Waals surface area contributed by atoms with Crippen LogP contribution in [0.5, 0.6) is 0 Å². The number of hydroxylamine groups is 2. The summed E-state index contributed by atoms with van der Waals surface area (Å²) in [5, 5.41) is 1.48. The molecule has 0 N–H and O–H groups in total. The molecule has 0 radical (unpaired) electrons. The van der Waals surface area contributed by atoms with E-state index in [1.165, 1.54) is 12.2 Å². The van der Waals surface area contributed by atoms with Gasteiger partial charge in [-0.15, -0.1) is 0 Å². The Labute approximate surface area is 106 Å². The summed E-state index contributed by atoms with van der Waals surface area (Å²) >= 11 is 0. The van der Waals surface area contributed by atoms with Crippen molar-refractivity contribution < 1.29 is 14.1 Å². The Bertz CT molecular complexity index is 249. The molecular formula is C12H27NO3Si. The van der Waals surface area contributed by atoms with Crippen molar-refractivity contribution in [2.75, 3.05) is 20.8 Å². The Morgan fingerprint density at radius 3 is 2.24 bits per heavy atom. The van der Waals surface area contributed by atoms with E-state index in [4.69, 9.17) is 9.26 Å². The maximum Gasteiger partial charge on any atom is 0.245 e. The third-order valence-electron chi connectivity index (χ3n) is 3.43. The first-order valence-electron chi connectivity index (χ1n) is 6.06. The predicted octanol–water partition coefficient (Wildman–Crippen LogP) is 2.81. The van der Waals surface area contributed by atoms with Crippen LogP contribution in [0.4, 0.5) is 0 Å². The van der Waals surface area contributed by atoms with E-state index in [-0.39, 0.29) is 10.9 Å². The van der Waals surface area contributed by atoms with Crippen LogP contribution in [0.2, 0.25) is 18.1 Å². The van der Waals surface area contributed by atoms with Gasteiger partial charge in [0, 0.05) is 20.1 Å². The largest absolute Gasteiger partial charge is 0.417 e. The molecule has 0 spiro atoms. The van der Waals surface area contributed by atoms with Crippen molar-refractivity contribution in [2.45, 2.75) is 51.7 Å². The highest BCUT2D eigenvalue weighted by molar-refractivity contribution is 6.74. The zero-order valence-corrected chi connectivity index (χ0v) is 13.3. The minimum absolute atomic E-state index is 0.00803. The lowest BCUT2D eigenvalue weighted by molar-refractivity contribution is -0.168. The van der Waals surface area contributed by atoms with Crippen LogP contribution in [0.3, 0.4) is 0 Å². The number of hydrogen-bond donors (Lipinski definition) is 0. The Morgan fingerprint density at radius 1 is 1.29 bits per heavy atom. The summed E-state index contributed by atoms with van der Waals surface area (Å²) in [5.41, 5.74) is 0. The van der Waals surface area contributed by atoms with E-state index in [0.717, 1.165) is 6.42 Å². The molecule has 0 aromatic heterocycles. The summed E-state index contributed by atoms with van der Waals surface area (Å²) in [6, 6.07) is 0. The maximum absolute atomic E-state index is 11.5. The summed E-state index contributed by atoms with van der Waals surface area (Å²) in [5.74, 6) is -0.00803. The molecule has 102 valence electrons. The number of rotatable bonds is 6. The molecule has 0 fully saturated rings. The van der Waals surface area contributed by atoms with Gasteiger partial charge in [-0.3, -0.25) is 9.63 Å². The lowest BCUT2D eigenvalue weighted by Crippen LogP contribution is -2.41. The Kier molecular flexibility index (Phi) is 6.36. The fourth-order valence-corrected chi connectivity index (χ4v) is 2.11. The van der Waals surface area contributed by atoms with E-state index in [9.17, 15) is 4.79 Å². The zero-order valence-electron chi connectivity index (χ0n) is 12.3. The Hall–Kier alpha value is -0.393. The second-order valence-corrected chi connectivity index (χ2v) is 10.6. The fourth-order valence-electron chi connectivity index (χ4n) is 1.03. The van der Waals surface area contributed by atoms with E-state index in [1.807, 2.05) is 0 Å². The molecule has 0 rings (SSSR count). The third-order valence-corrected chi connectivity index (χ3v) is 7.97. The number of hydrogen-bond acceptors (Lipinski definition) is 3. The maximum atomic E-state index is 11.5. The smallest absolute Gasteiger partial charge is 0.245 e. The van der Waals surface area contributed by atoms with Crippen molar-refractivity contribution in [3.63, 3.8) is 0 Å². The molecule has 0 bridgehead atoms. The second-order valence-electron chi connectivity index (χ2n) is 5.79. The van der Waals surface area contributed by atoms with Crippen molar-refractivity contribution in [1.29, 1.82) is 0 Å². The minimum Gasteiger partial charge on any atom is -0.417 e. The average Bonchev–Trinajstić information content (AvgIpc) is 2.21. The van der Waals surface area contributed by atoms with Gasteiger partial charge in [-0.2, -0.15) is 0 Å². The van der Waals surface area contributed by atoms with E-state index in [2.05, 4.69) is 33.9 Å². The second kappa shape index (κ2) is 6.52. The third kappa shape index (κ3) is 5.65. The van der Waals surface area contributed by atoms with Crippen LogP contribution in [-0.4, -0.2) is 40.1 Å². The fraction of sp³-hybridized carbons (Fsp3) is 0.917. The van der Waals surface area contributed by atoms with Crippen molar-refractivity contribution in [2.24, 2.45) is 0 Å². The summed E-state index contributed by atoms with van der Waals surface area (Å²) in [6.45, 7) is 11.7. The molecule has 0 aliphatic carbocycles. The molecule has 4 nitrogen and oxygen atoms in total. The van der Waals surface area contributed by atoms with Crippen molar-refractivity contribution >= 4 is 14.2 Å². The monoisotopic (exact) mass is 261 g/mol. The van der Waals surface area contributed by atoms with Crippen LogP contribution in [0, 0.1) is 0 Å². The molecule has 5 heteroatoms. The first kappa shape index (κ1) is 16.6. The van der Waals surface area contributed by atoms with Gasteiger partial charge < -0.3 is 4.43 Å². The van der Waals surface area contributed by atoms with Crippen LogP contribution in [0.15, 0.2) is 0 Å². The average molecular weight is 261 g/mol. The highest BCUT2D eigenvalue weighted by Gasteiger charge is 2.36. The molecule has 0 aromatic rings. The van der Waals surface area contributed by atoms with Crippen LogP contribution in [0.25, 0.3) is 0 Å². The molecule has 0 saturated heterocycles. The molecule has 0 atom stereocenters. The topological polar surface area (TPSA) is 38.8 Å². The van der Waals surface area contributed by atoms with Gasteiger partial charge in [0.15, 0.2) is 8.32 Å². The van der Waals surface area contributed by atoms with Gasteiger partial charge in [-0.05, 0) is 24.6 Å². The molecule has 0 saturated carbocycles. The number of carbonyl (C=O) groups excluding carboxylic acids is 1.